The molecule has 2 N–H and O–H groups in total. The van der Waals surface area contributed by atoms with E-state index < -0.39 is 0 Å². The SMILES string of the molecule is CC(c1ccccc1)c1cc(CCN)on1. The molecule has 3 nitrogen and oxygen atoms in total. The van der Waals surface area contributed by atoms with Gasteiger partial charge in [0.1, 0.15) is 5.76 Å². The summed E-state index contributed by atoms with van der Waals surface area (Å²) in [7, 11) is 0. The second kappa shape index (κ2) is 4.94. The molecule has 1 unspecified atom stereocenters. The van der Waals surface area contributed by atoms with Gasteiger partial charge in [0.05, 0.1) is 5.69 Å². The molecule has 0 aliphatic carbocycles. The van der Waals surface area contributed by atoms with Crippen molar-refractivity contribution < 1.29 is 4.52 Å². The van der Waals surface area contributed by atoms with Gasteiger partial charge in [-0.15, -0.1) is 0 Å². The Labute approximate surface area is 95.3 Å². The second-order valence-corrected chi connectivity index (χ2v) is 3.89. The van der Waals surface area contributed by atoms with Gasteiger partial charge in [0.25, 0.3) is 0 Å². The van der Waals surface area contributed by atoms with Crippen LogP contribution in [-0.4, -0.2) is 11.7 Å². The van der Waals surface area contributed by atoms with Crippen LogP contribution < -0.4 is 5.73 Å². The number of hydrogen-bond acceptors (Lipinski definition) is 3. The molecule has 3 heteroatoms. The Morgan fingerprint density at radius 1 is 1.31 bits per heavy atom. The highest BCUT2D eigenvalue weighted by molar-refractivity contribution is 5.27. The number of rotatable bonds is 4. The third kappa shape index (κ3) is 2.31. The minimum atomic E-state index is 0.261. The Morgan fingerprint density at radius 3 is 2.75 bits per heavy atom. The van der Waals surface area contributed by atoms with Crippen LogP contribution >= 0.6 is 0 Å². The van der Waals surface area contributed by atoms with E-state index in [1.165, 1.54) is 5.56 Å². The Morgan fingerprint density at radius 2 is 2.06 bits per heavy atom. The van der Waals surface area contributed by atoms with Crippen LogP contribution in [0.25, 0.3) is 0 Å². The van der Waals surface area contributed by atoms with Gasteiger partial charge in [-0.25, -0.2) is 0 Å². The summed E-state index contributed by atoms with van der Waals surface area (Å²) in [5.41, 5.74) is 7.68. The lowest BCUT2D eigenvalue weighted by Gasteiger charge is -2.06. The molecule has 0 amide bonds. The van der Waals surface area contributed by atoms with Crippen molar-refractivity contribution >= 4 is 0 Å². The zero-order valence-electron chi connectivity index (χ0n) is 9.39. The fourth-order valence-corrected chi connectivity index (χ4v) is 1.71. The van der Waals surface area contributed by atoms with E-state index in [9.17, 15) is 0 Å². The summed E-state index contributed by atoms with van der Waals surface area (Å²) in [6, 6.07) is 12.3. The van der Waals surface area contributed by atoms with E-state index >= 15 is 0 Å². The van der Waals surface area contributed by atoms with Gasteiger partial charge >= 0.3 is 0 Å². The lowest BCUT2D eigenvalue weighted by Crippen LogP contribution is -2.01. The Balaban J connectivity index is 2.17. The maximum absolute atomic E-state index is 5.47. The molecule has 84 valence electrons. The van der Waals surface area contributed by atoms with Gasteiger partial charge in [-0.05, 0) is 12.1 Å². The average molecular weight is 216 g/mol. The molecule has 0 aliphatic heterocycles. The molecule has 0 radical (unpaired) electrons. The highest BCUT2D eigenvalue weighted by Gasteiger charge is 2.12. The lowest BCUT2D eigenvalue weighted by atomic mass is 9.98. The van der Waals surface area contributed by atoms with E-state index in [-0.39, 0.29) is 5.92 Å². The Bertz CT molecular complexity index is 436. The molecule has 2 aromatic rings. The van der Waals surface area contributed by atoms with Crippen LogP contribution in [0.1, 0.15) is 29.9 Å². The summed E-state index contributed by atoms with van der Waals surface area (Å²) >= 11 is 0. The molecule has 16 heavy (non-hydrogen) atoms. The molecule has 1 heterocycles. The summed E-state index contributed by atoms with van der Waals surface area (Å²) in [6.07, 6.45) is 0.745. The largest absolute Gasteiger partial charge is 0.361 e. The van der Waals surface area contributed by atoms with Crippen molar-refractivity contribution in [2.45, 2.75) is 19.3 Å². The number of nitrogens with two attached hydrogens (primary N) is 1. The molecule has 1 aromatic carbocycles. The molecular formula is C13H16N2O. The molecule has 1 aromatic heterocycles. The van der Waals surface area contributed by atoms with E-state index in [1.807, 2.05) is 24.3 Å². The molecular weight excluding hydrogens is 200 g/mol. The topological polar surface area (TPSA) is 52.0 Å². The van der Waals surface area contributed by atoms with Crippen molar-refractivity contribution in [3.8, 4) is 0 Å². The first-order chi connectivity index (χ1) is 7.81. The highest BCUT2D eigenvalue weighted by atomic mass is 16.5. The van der Waals surface area contributed by atoms with Crippen molar-refractivity contribution in [1.29, 1.82) is 0 Å². The summed E-state index contributed by atoms with van der Waals surface area (Å²) in [4.78, 5) is 0. The van der Waals surface area contributed by atoms with Crippen LogP contribution in [0.3, 0.4) is 0 Å². The highest BCUT2D eigenvalue weighted by Crippen LogP contribution is 2.23. The van der Waals surface area contributed by atoms with Crippen LogP contribution in [0, 0.1) is 0 Å². The van der Waals surface area contributed by atoms with Crippen molar-refractivity contribution in [1.82, 2.24) is 5.16 Å². The predicted molar refractivity (Wildman–Crippen MR) is 63.2 cm³/mol. The number of hydrogen-bond donors (Lipinski definition) is 1. The third-order valence-corrected chi connectivity index (χ3v) is 2.71. The van der Waals surface area contributed by atoms with Crippen molar-refractivity contribution in [3.63, 3.8) is 0 Å². The number of nitrogens with zero attached hydrogens (tertiary/aromatic N) is 1. The summed E-state index contributed by atoms with van der Waals surface area (Å²) in [6.45, 7) is 2.72. The van der Waals surface area contributed by atoms with Crippen molar-refractivity contribution in [3.05, 3.63) is 53.4 Å². The average Bonchev–Trinajstić information content (AvgIpc) is 2.78. The lowest BCUT2D eigenvalue weighted by molar-refractivity contribution is 0.377. The van der Waals surface area contributed by atoms with Gasteiger partial charge in [-0.1, -0.05) is 42.4 Å². The minimum Gasteiger partial charge on any atom is -0.361 e. The quantitative estimate of drug-likeness (QED) is 0.853. The first kappa shape index (κ1) is 10.9. The van der Waals surface area contributed by atoms with Crippen LogP contribution in [0.15, 0.2) is 40.9 Å². The van der Waals surface area contributed by atoms with E-state index in [0.29, 0.717) is 6.54 Å². The molecule has 1 atom stereocenters. The van der Waals surface area contributed by atoms with Gasteiger partial charge in [-0.3, -0.25) is 0 Å². The second-order valence-electron chi connectivity index (χ2n) is 3.89. The maximum Gasteiger partial charge on any atom is 0.138 e. The first-order valence-electron chi connectivity index (χ1n) is 5.51. The summed E-state index contributed by atoms with van der Waals surface area (Å²) in [5.74, 6) is 1.12. The van der Waals surface area contributed by atoms with Crippen LogP contribution in [0.5, 0.6) is 0 Å². The number of benzene rings is 1. The fourth-order valence-electron chi connectivity index (χ4n) is 1.71. The van der Waals surface area contributed by atoms with E-state index in [4.69, 9.17) is 10.3 Å². The van der Waals surface area contributed by atoms with Crippen molar-refractivity contribution in [2.75, 3.05) is 6.54 Å². The third-order valence-electron chi connectivity index (χ3n) is 2.71. The predicted octanol–water partition coefficient (Wildman–Crippen LogP) is 2.33. The van der Waals surface area contributed by atoms with E-state index in [0.717, 1.165) is 17.9 Å². The standard InChI is InChI=1S/C13H16N2O/c1-10(11-5-3-2-4-6-11)13-9-12(7-8-14)16-15-13/h2-6,9-10H,7-8,14H2,1H3. The molecule has 0 aliphatic rings. The smallest absolute Gasteiger partial charge is 0.138 e. The Hall–Kier alpha value is -1.61. The summed E-state index contributed by atoms with van der Waals surface area (Å²) in [5, 5.41) is 4.08. The van der Waals surface area contributed by atoms with Crippen LogP contribution in [-0.2, 0) is 6.42 Å². The van der Waals surface area contributed by atoms with Gasteiger partial charge in [0.15, 0.2) is 0 Å². The van der Waals surface area contributed by atoms with Crippen LogP contribution in [0.4, 0.5) is 0 Å². The first-order valence-corrected chi connectivity index (χ1v) is 5.51. The van der Waals surface area contributed by atoms with Gasteiger partial charge < -0.3 is 10.3 Å². The normalized spacial score (nSPS) is 12.6. The fraction of sp³-hybridized carbons (Fsp3) is 0.308. The zero-order valence-corrected chi connectivity index (χ0v) is 9.39. The molecule has 0 fully saturated rings. The molecule has 0 spiro atoms. The monoisotopic (exact) mass is 216 g/mol. The minimum absolute atomic E-state index is 0.261. The van der Waals surface area contributed by atoms with E-state index in [1.54, 1.807) is 0 Å². The van der Waals surface area contributed by atoms with E-state index in [2.05, 4.69) is 24.2 Å². The van der Waals surface area contributed by atoms with Gasteiger partial charge in [-0.2, -0.15) is 0 Å². The molecule has 0 saturated carbocycles. The molecule has 0 bridgehead atoms. The molecule has 0 saturated heterocycles. The molecule has 2 rings (SSSR count). The van der Waals surface area contributed by atoms with Gasteiger partial charge in [0, 0.05) is 18.4 Å². The number of aromatic nitrogens is 1. The van der Waals surface area contributed by atoms with Crippen molar-refractivity contribution in [2.24, 2.45) is 5.73 Å². The van der Waals surface area contributed by atoms with Crippen LogP contribution in [0.2, 0.25) is 0 Å². The van der Waals surface area contributed by atoms with Gasteiger partial charge in [0.2, 0.25) is 0 Å². The Kier molecular flexibility index (Phi) is 3.37. The maximum atomic E-state index is 5.47. The zero-order chi connectivity index (χ0) is 11.4. The summed E-state index contributed by atoms with van der Waals surface area (Å²) < 4.78 is 5.22.